The van der Waals surface area contributed by atoms with Crippen LogP contribution in [0.3, 0.4) is 0 Å². The molecule has 0 heterocycles. The smallest absolute Gasteiger partial charge is 0.151 e. The van der Waals surface area contributed by atoms with E-state index >= 15 is 0 Å². The van der Waals surface area contributed by atoms with Gasteiger partial charge >= 0.3 is 0 Å². The van der Waals surface area contributed by atoms with E-state index in [1.165, 1.54) is 0 Å². The largest absolute Gasteiger partial charge is 0.493 e. The molecule has 4 aromatic carbocycles. The van der Waals surface area contributed by atoms with Gasteiger partial charge in [-0.25, -0.2) is 0 Å². The van der Waals surface area contributed by atoms with Crippen molar-refractivity contribution in [3.8, 4) is 16.9 Å². The molecule has 0 amide bonds. The van der Waals surface area contributed by atoms with Gasteiger partial charge < -0.3 is 4.74 Å². The summed E-state index contributed by atoms with van der Waals surface area (Å²) in [7, 11) is 0. The quantitative estimate of drug-likeness (QED) is 0.258. The number of hydrogen-bond acceptors (Lipinski definition) is 2. The summed E-state index contributed by atoms with van der Waals surface area (Å²) in [6.45, 7) is 2.88. The van der Waals surface area contributed by atoms with Gasteiger partial charge in [0.1, 0.15) is 5.75 Å². The van der Waals surface area contributed by atoms with Crippen molar-refractivity contribution in [1.29, 1.82) is 0 Å². The second-order valence-electron chi connectivity index (χ2n) is 7.08. The van der Waals surface area contributed by atoms with E-state index in [9.17, 15) is 4.79 Å². The summed E-state index contributed by atoms with van der Waals surface area (Å²) in [5, 5.41) is 4.23. The van der Waals surface area contributed by atoms with Crippen molar-refractivity contribution in [2.75, 3.05) is 6.61 Å². The van der Waals surface area contributed by atoms with E-state index in [4.69, 9.17) is 4.74 Å². The number of fused-ring (bicyclic) bond motifs is 2. The van der Waals surface area contributed by atoms with Gasteiger partial charge in [0.05, 0.1) is 6.61 Å². The molecule has 0 spiro atoms. The summed E-state index contributed by atoms with van der Waals surface area (Å²) in [5.41, 5.74) is 2.70. The zero-order chi connectivity index (χ0) is 19.3. The molecule has 4 aromatic rings. The normalized spacial score (nSPS) is 11.0. The molecule has 0 atom stereocenters. The number of unbranched alkanes of at least 4 members (excludes halogenated alkanes) is 2. The van der Waals surface area contributed by atoms with E-state index in [1.807, 2.05) is 48.5 Å². The van der Waals surface area contributed by atoms with Crippen molar-refractivity contribution in [3.05, 3.63) is 78.4 Å². The van der Waals surface area contributed by atoms with Crippen LogP contribution in [0.15, 0.2) is 72.8 Å². The highest BCUT2D eigenvalue weighted by atomic mass is 16.5. The van der Waals surface area contributed by atoms with Crippen LogP contribution >= 0.6 is 0 Å². The lowest BCUT2D eigenvalue weighted by Crippen LogP contribution is -2.00. The SMILES string of the molecule is CCCCCOc1cc(-c2cccc3ccccc23)c(C=O)c2ccccc12. The highest BCUT2D eigenvalue weighted by Crippen LogP contribution is 2.38. The Kier molecular flexibility index (Phi) is 5.38. The summed E-state index contributed by atoms with van der Waals surface area (Å²) in [6.07, 6.45) is 4.32. The standard InChI is InChI=1S/C26H24O2/c1-2-3-8-16-28-26-17-24(25(18-27)22-13-6-7-14-23(22)26)21-15-9-11-19-10-4-5-12-20(19)21/h4-7,9-15,17-18H,2-3,8,16H2,1H3. The van der Waals surface area contributed by atoms with Crippen LogP contribution in [0.4, 0.5) is 0 Å². The van der Waals surface area contributed by atoms with E-state index in [1.54, 1.807) is 0 Å². The lowest BCUT2D eigenvalue weighted by Gasteiger charge is -2.16. The first-order valence-corrected chi connectivity index (χ1v) is 9.95. The lowest BCUT2D eigenvalue weighted by atomic mass is 9.91. The Balaban J connectivity index is 1.93. The van der Waals surface area contributed by atoms with Crippen LogP contribution < -0.4 is 4.74 Å². The molecule has 0 aliphatic carbocycles. The molecule has 0 aliphatic heterocycles. The fraction of sp³-hybridized carbons (Fsp3) is 0.192. The third kappa shape index (κ3) is 3.38. The molecule has 140 valence electrons. The van der Waals surface area contributed by atoms with Crippen molar-refractivity contribution in [2.45, 2.75) is 26.2 Å². The zero-order valence-corrected chi connectivity index (χ0v) is 16.2. The van der Waals surface area contributed by atoms with Gasteiger partial charge in [-0.3, -0.25) is 4.79 Å². The predicted octanol–water partition coefficient (Wildman–Crippen LogP) is 7.04. The van der Waals surface area contributed by atoms with Crippen LogP contribution in [0, 0.1) is 0 Å². The summed E-state index contributed by atoms with van der Waals surface area (Å²) in [4.78, 5) is 12.1. The Labute approximate surface area is 165 Å². The second-order valence-corrected chi connectivity index (χ2v) is 7.08. The first-order valence-electron chi connectivity index (χ1n) is 9.95. The van der Waals surface area contributed by atoms with Gasteiger partial charge in [0.2, 0.25) is 0 Å². The maximum Gasteiger partial charge on any atom is 0.151 e. The Morgan fingerprint density at radius 1 is 0.786 bits per heavy atom. The van der Waals surface area contributed by atoms with Gasteiger partial charge in [-0.15, -0.1) is 0 Å². The van der Waals surface area contributed by atoms with Crippen molar-refractivity contribution in [3.63, 3.8) is 0 Å². The topological polar surface area (TPSA) is 26.3 Å². The van der Waals surface area contributed by atoms with Gasteiger partial charge in [-0.1, -0.05) is 86.5 Å². The molecule has 0 unspecified atom stereocenters. The summed E-state index contributed by atoms with van der Waals surface area (Å²) in [5.74, 6) is 0.847. The van der Waals surface area contributed by atoms with Gasteiger partial charge in [-0.2, -0.15) is 0 Å². The molecule has 0 N–H and O–H groups in total. The zero-order valence-electron chi connectivity index (χ0n) is 16.2. The summed E-state index contributed by atoms with van der Waals surface area (Å²) >= 11 is 0. The van der Waals surface area contributed by atoms with Crippen LogP contribution in [-0.2, 0) is 0 Å². The number of benzene rings is 4. The minimum Gasteiger partial charge on any atom is -0.493 e. The van der Waals surface area contributed by atoms with Crippen molar-refractivity contribution in [2.24, 2.45) is 0 Å². The molecule has 0 saturated heterocycles. The Bertz CT molecular complexity index is 1120. The molecule has 0 fully saturated rings. The van der Waals surface area contributed by atoms with Gasteiger partial charge in [0.15, 0.2) is 6.29 Å². The average molecular weight is 368 g/mol. The molecular weight excluding hydrogens is 344 g/mol. The Morgan fingerprint density at radius 2 is 1.50 bits per heavy atom. The van der Waals surface area contributed by atoms with Crippen molar-refractivity contribution < 1.29 is 9.53 Å². The van der Waals surface area contributed by atoms with Gasteiger partial charge in [0.25, 0.3) is 0 Å². The number of hydrogen-bond donors (Lipinski definition) is 0. The third-order valence-corrected chi connectivity index (χ3v) is 5.25. The molecule has 2 nitrogen and oxygen atoms in total. The van der Waals surface area contributed by atoms with E-state index in [-0.39, 0.29) is 0 Å². The fourth-order valence-electron chi connectivity index (χ4n) is 3.83. The van der Waals surface area contributed by atoms with Crippen LogP contribution in [0.2, 0.25) is 0 Å². The molecule has 0 saturated carbocycles. The van der Waals surface area contributed by atoms with E-state index in [0.29, 0.717) is 12.2 Å². The average Bonchev–Trinajstić information content (AvgIpc) is 2.76. The maximum absolute atomic E-state index is 12.1. The second kappa shape index (κ2) is 8.26. The van der Waals surface area contributed by atoms with Crippen LogP contribution in [0.5, 0.6) is 5.75 Å². The maximum atomic E-state index is 12.1. The molecule has 2 heteroatoms. The highest BCUT2D eigenvalue weighted by Gasteiger charge is 2.15. The number of carbonyl (C=O) groups excluding carboxylic acids is 1. The number of aldehydes is 1. The summed E-state index contributed by atoms with van der Waals surface area (Å²) in [6, 6.07) is 24.6. The third-order valence-electron chi connectivity index (χ3n) is 5.25. The minimum atomic E-state index is 0.688. The number of rotatable bonds is 7. The Morgan fingerprint density at radius 3 is 2.29 bits per heavy atom. The molecule has 0 aromatic heterocycles. The molecule has 4 rings (SSSR count). The number of carbonyl (C=O) groups is 1. The monoisotopic (exact) mass is 368 g/mol. The molecule has 0 bridgehead atoms. The van der Waals surface area contributed by atoms with Crippen molar-refractivity contribution in [1.82, 2.24) is 0 Å². The van der Waals surface area contributed by atoms with Crippen LogP contribution in [0.1, 0.15) is 36.5 Å². The highest BCUT2D eigenvalue weighted by molar-refractivity contribution is 6.10. The fourth-order valence-corrected chi connectivity index (χ4v) is 3.83. The van der Waals surface area contributed by atoms with E-state index < -0.39 is 0 Å². The Hall–Kier alpha value is -3.13. The van der Waals surface area contributed by atoms with E-state index in [0.717, 1.165) is 64.0 Å². The lowest BCUT2D eigenvalue weighted by molar-refractivity contribution is 0.112. The first-order chi connectivity index (χ1) is 13.8. The van der Waals surface area contributed by atoms with E-state index in [2.05, 4.69) is 31.2 Å². The molecule has 0 aliphatic rings. The molecular formula is C26H24O2. The molecule has 28 heavy (non-hydrogen) atoms. The number of ether oxygens (including phenoxy) is 1. The minimum absolute atomic E-state index is 0.688. The first kappa shape index (κ1) is 18.2. The van der Waals surface area contributed by atoms with Crippen LogP contribution in [0.25, 0.3) is 32.7 Å². The van der Waals surface area contributed by atoms with Gasteiger partial charge in [-0.05, 0) is 39.8 Å². The predicted molar refractivity (Wildman–Crippen MR) is 117 cm³/mol. The van der Waals surface area contributed by atoms with Crippen LogP contribution in [-0.4, -0.2) is 12.9 Å². The molecule has 0 radical (unpaired) electrons. The summed E-state index contributed by atoms with van der Waals surface area (Å²) < 4.78 is 6.18. The van der Waals surface area contributed by atoms with Gasteiger partial charge in [0, 0.05) is 10.9 Å². The van der Waals surface area contributed by atoms with Crippen molar-refractivity contribution >= 4 is 27.8 Å².